The normalized spacial score (nSPS) is 22.7. The summed E-state index contributed by atoms with van der Waals surface area (Å²) in [5.74, 6) is 0.531. The first-order chi connectivity index (χ1) is 14.6. The average molecular weight is 413 g/mol. The molecular weight excluding hydrogens is 383 g/mol. The van der Waals surface area contributed by atoms with Crippen LogP contribution in [0.5, 0.6) is 5.75 Å². The lowest BCUT2D eigenvalue weighted by Crippen LogP contribution is -2.51. The highest BCUT2D eigenvalue weighted by molar-refractivity contribution is 5.94. The van der Waals surface area contributed by atoms with Crippen molar-refractivity contribution in [1.29, 1.82) is 0 Å². The third kappa shape index (κ3) is 4.98. The van der Waals surface area contributed by atoms with Gasteiger partial charge in [-0.15, -0.1) is 0 Å². The zero-order chi connectivity index (χ0) is 20.9. The molecule has 7 heteroatoms. The monoisotopic (exact) mass is 412 g/mol. The summed E-state index contributed by atoms with van der Waals surface area (Å²) >= 11 is 0. The van der Waals surface area contributed by atoms with Crippen LogP contribution in [0.2, 0.25) is 0 Å². The zero-order valence-corrected chi connectivity index (χ0v) is 17.2. The van der Waals surface area contributed by atoms with Crippen molar-refractivity contribution in [3.05, 3.63) is 65.5 Å². The van der Waals surface area contributed by atoms with E-state index in [1.165, 1.54) is 12.1 Å². The van der Waals surface area contributed by atoms with Crippen LogP contribution in [-0.2, 0) is 0 Å². The number of carbonyl (C=O) groups is 1. The fourth-order valence-electron chi connectivity index (χ4n) is 4.19. The number of ether oxygens (including phenoxy) is 1. The second-order valence-corrected chi connectivity index (χ2v) is 7.89. The molecule has 2 unspecified atom stereocenters. The quantitative estimate of drug-likeness (QED) is 0.681. The van der Waals surface area contributed by atoms with Gasteiger partial charge in [0.25, 0.3) is 5.91 Å². The van der Waals surface area contributed by atoms with Crippen molar-refractivity contribution >= 4 is 5.91 Å². The average Bonchev–Trinajstić information content (AvgIpc) is 3.26. The number of nitrogens with zero attached hydrogens (tertiary/aromatic N) is 1. The Bertz CT molecular complexity index is 835. The first kappa shape index (κ1) is 20.8. The molecule has 2 heterocycles. The molecule has 6 nitrogen and oxygen atoms in total. The summed E-state index contributed by atoms with van der Waals surface area (Å²) < 4.78 is 18.6. The second kappa shape index (κ2) is 9.55. The first-order valence-corrected chi connectivity index (χ1v) is 10.7. The highest BCUT2D eigenvalue weighted by atomic mass is 19.1. The molecule has 0 spiro atoms. The molecule has 1 amide bonds. The molecule has 3 N–H and O–H groups in total. The lowest BCUT2D eigenvalue weighted by Gasteiger charge is -2.35. The minimum atomic E-state index is -0.212. The number of halogens is 1. The largest absolute Gasteiger partial charge is 0.494 e. The smallest absolute Gasteiger partial charge is 0.251 e. The van der Waals surface area contributed by atoms with Gasteiger partial charge in [0.15, 0.2) is 0 Å². The number of hydrogen-bond donors (Lipinski definition) is 3. The van der Waals surface area contributed by atoms with Crippen molar-refractivity contribution in [3.8, 4) is 5.75 Å². The van der Waals surface area contributed by atoms with E-state index < -0.39 is 0 Å². The molecule has 2 aromatic rings. The van der Waals surface area contributed by atoms with Gasteiger partial charge in [-0.05, 0) is 68.1 Å². The number of hydrogen-bond acceptors (Lipinski definition) is 5. The molecular formula is C23H29FN4O2. The number of benzene rings is 2. The minimum absolute atomic E-state index is 0.0338. The van der Waals surface area contributed by atoms with E-state index in [2.05, 4.69) is 21.1 Å². The Balaban J connectivity index is 1.24. The van der Waals surface area contributed by atoms with Gasteiger partial charge >= 0.3 is 0 Å². The standard InChI is InChI=1S/C23H29FN4O2/c1-2-30-20-9-5-17(6-10-20)23(29)25-19-11-13-28(14-12-19)22-15-21(26-27-22)16-3-7-18(24)8-4-16/h3-10,19,21-22,26-27H,2,11-15H2,1H3,(H,25,29). The summed E-state index contributed by atoms with van der Waals surface area (Å²) in [4.78, 5) is 14.9. The predicted molar refractivity (Wildman–Crippen MR) is 113 cm³/mol. The Morgan fingerprint density at radius 2 is 1.80 bits per heavy atom. The number of likely N-dealkylation sites (tertiary alicyclic amines) is 1. The lowest BCUT2D eigenvalue weighted by atomic mass is 10.0. The number of rotatable bonds is 6. The number of nitrogens with one attached hydrogen (secondary N) is 3. The van der Waals surface area contributed by atoms with Crippen LogP contribution < -0.4 is 20.9 Å². The number of amides is 1. The summed E-state index contributed by atoms with van der Waals surface area (Å²) in [6, 6.07) is 14.3. The van der Waals surface area contributed by atoms with Crippen molar-refractivity contribution in [3.63, 3.8) is 0 Å². The van der Waals surface area contributed by atoms with Crippen LogP contribution >= 0.6 is 0 Å². The molecule has 0 aliphatic carbocycles. The number of hydrazine groups is 1. The van der Waals surface area contributed by atoms with Crippen molar-refractivity contribution in [2.75, 3.05) is 19.7 Å². The van der Waals surface area contributed by atoms with Gasteiger partial charge in [0, 0.05) is 30.7 Å². The SMILES string of the molecule is CCOc1ccc(C(=O)NC2CCN(C3CC(c4ccc(F)cc4)NN3)CC2)cc1. The van der Waals surface area contributed by atoms with E-state index in [4.69, 9.17) is 4.74 Å². The molecule has 0 saturated carbocycles. The molecule has 2 atom stereocenters. The molecule has 2 saturated heterocycles. The third-order valence-electron chi connectivity index (χ3n) is 5.89. The van der Waals surface area contributed by atoms with E-state index in [0.717, 1.165) is 43.7 Å². The van der Waals surface area contributed by atoms with Crippen LogP contribution in [0.1, 0.15) is 48.1 Å². The summed E-state index contributed by atoms with van der Waals surface area (Å²) in [5, 5.41) is 3.16. The summed E-state index contributed by atoms with van der Waals surface area (Å²) in [7, 11) is 0. The number of carbonyl (C=O) groups excluding carboxylic acids is 1. The maximum absolute atomic E-state index is 13.1. The minimum Gasteiger partial charge on any atom is -0.494 e. The van der Waals surface area contributed by atoms with Gasteiger partial charge in [-0.3, -0.25) is 9.69 Å². The molecule has 160 valence electrons. The summed E-state index contributed by atoms with van der Waals surface area (Å²) in [6.07, 6.45) is 3.00. The number of piperidine rings is 1. The van der Waals surface area contributed by atoms with Gasteiger partial charge in [-0.2, -0.15) is 0 Å². The van der Waals surface area contributed by atoms with Crippen LogP contribution in [0.4, 0.5) is 4.39 Å². The highest BCUT2D eigenvalue weighted by Crippen LogP contribution is 2.26. The van der Waals surface area contributed by atoms with Crippen molar-refractivity contribution < 1.29 is 13.9 Å². The maximum atomic E-state index is 13.1. The van der Waals surface area contributed by atoms with E-state index in [1.54, 1.807) is 12.1 Å². The molecule has 0 bridgehead atoms. The van der Waals surface area contributed by atoms with Crippen LogP contribution in [0.25, 0.3) is 0 Å². The lowest BCUT2D eigenvalue weighted by molar-refractivity contribution is 0.0880. The van der Waals surface area contributed by atoms with Crippen molar-refractivity contribution in [1.82, 2.24) is 21.1 Å². The first-order valence-electron chi connectivity index (χ1n) is 10.7. The van der Waals surface area contributed by atoms with Crippen LogP contribution in [0.15, 0.2) is 48.5 Å². The zero-order valence-electron chi connectivity index (χ0n) is 17.2. The molecule has 0 radical (unpaired) electrons. The highest BCUT2D eigenvalue weighted by Gasteiger charge is 2.32. The summed E-state index contributed by atoms with van der Waals surface area (Å²) in [5.41, 5.74) is 8.44. The van der Waals surface area contributed by atoms with Gasteiger partial charge in [-0.25, -0.2) is 15.2 Å². The Hall–Kier alpha value is -2.48. The molecule has 2 aliphatic rings. The summed E-state index contributed by atoms with van der Waals surface area (Å²) in [6.45, 7) is 4.39. The molecule has 2 fully saturated rings. The van der Waals surface area contributed by atoms with E-state index in [9.17, 15) is 9.18 Å². The Morgan fingerprint density at radius 1 is 1.10 bits per heavy atom. The van der Waals surface area contributed by atoms with Crippen LogP contribution in [0.3, 0.4) is 0 Å². The fourth-order valence-corrected chi connectivity index (χ4v) is 4.19. The van der Waals surface area contributed by atoms with Gasteiger partial charge in [-0.1, -0.05) is 12.1 Å². The molecule has 2 aromatic carbocycles. The van der Waals surface area contributed by atoms with E-state index >= 15 is 0 Å². The van der Waals surface area contributed by atoms with Gasteiger partial charge < -0.3 is 10.1 Å². The Kier molecular flexibility index (Phi) is 6.62. The van der Waals surface area contributed by atoms with E-state index in [1.807, 2.05) is 31.2 Å². The van der Waals surface area contributed by atoms with E-state index in [-0.39, 0.29) is 30.0 Å². The topological polar surface area (TPSA) is 65.6 Å². The van der Waals surface area contributed by atoms with Gasteiger partial charge in [0.05, 0.1) is 12.8 Å². The van der Waals surface area contributed by atoms with Crippen molar-refractivity contribution in [2.24, 2.45) is 0 Å². The maximum Gasteiger partial charge on any atom is 0.251 e. The second-order valence-electron chi connectivity index (χ2n) is 7.89. The van der Waals surface area contributed by atoms with Gasteiger partial charge in [0.1, 0.15) is 11.6 Å². The molecule has 0 aromatic heterocycles. The van der Waals surface area contributed by atoms with Crippen LogP contribution in [-0.4, -0.2) is 42.7 Å². The molecule has 4 rings (SSSR count). The van der Waals surface area contributed by atoms with Crippen molar-refractivity contribution in [2.45, 2.75) is 44.4 Å². The van der Waals surface area contributed by atoms with Crippen LogP contribution in [0, 0.1) is 5.82 Å². The Labute approximate surface area is 176 Å². The third-order valence-corrected chi connectivity index (χ3v) is 5.89. The fraction of sp³-hybridized carbons (Fsp3) is 0.435. The Morgan fingerprint density at radius 3 is 2.47 bits per heavy atom. The molecule has 30 heavy (non-hydrogen) atoms. The molecule has 2 aliphatic heterocycles. The van der Waals surface area contributed by atoms with Gasteiger partial charge in [0.2, 0.25) is 0 Å². The predicted octanol–water partition coefficient (Wildman–Crippen LogP) is 2.98. The van der Waals surface area contributed by atoms with E-state index in [0.29, 0.717) is 12.2 Å².